The molecule has 1 heterocycles. The predicted molar refractivity (Wildman–Crippen MR) is 120 cm³/mol. The van der Waals surface area contributed by atoms with Crippen LogP contribution in [-0.2, 0) is 6.54 Å². The van der Waals surface area contributed by atoms with Gasteiger partial charge in [-0.25, -0.2) is 0 Å². The molecule has 29 heavy (non-hydrogen) atoms. The second-order valence-corrected chi connectivity index (χ2v) is 8.17. The van der Waals surface area contributed by atoms with Gasteiger partial charge in [0.05, 0.1) is 6.04 Å². The molecule has 1 aliphatic heterocycles. The quantitative estimate of drug-likeness (QED) is 0.642. The van der Waals surface area contributed by atoms with Crippen LogP contribution in [0.15, 0.2) is 78.9 Å². The van der Waals surface area contributed by atoms with Crippen molar-refractivity contribution >= 4 is 0 Å². The molecule has 1 N–H and O–H groups in total. The van der Waals surface area contributed by atoms with Crippen molar-refractivity contribution in [1.82, 2.24) is 9.80 Å². The van der Waals surface area contributed by atoms with Crippen molar-refractivity contribution < 1.29 is 5.11 Å². The largest absolute Gasteiger partial charge is 0.508 e. The summed E-state index contributed by atoms with van der Waals surface area (Å²) in [7, 11) is 4.42. The monoisotopic (exact) mass is 386 g/mol. The number of phenols is 1. The summed E-state index contributed by atoms with van der Waals surface area (Å²) in [6.45, 7) is 1.85. The zero-order valence-corrected chi connectivity index (χ0v) is 17.3. The van der Waals surface area contributed by atoms with E-state index in [4.69, 9.17) is 0 Å². The molecule has 1 aliphatic rings. The Balaban J connectivity index is 1.59. The third-order valence-electron chi connectivity index (χ3n) is 6.16. The second kappa shape index (κ2) is 8.81. The van der Waals surface area contributed by atoms with Gasteiger partial charge in [0.25, 0.3) is 0 Å². The molecule has 0 amide bonds. The zero-order valence-electron chi connectivity index (χ0n) is 17.3. The van der Waals surface area contributed by atoms with Gasteiger partial charge in [0, 0.05) is 18.2 Å². The molecule has 3 aromatic carbocycles. The molecule has 0 radical (unpaired) electrons. The molecule has 0 bridgehead atoms. The Bertz CT molecular complexity index is 926. The van der Waals surface area contributed by atoms with Crippen LogP contribution in [-0.4, -0.2) is 41.6 Å². The van der Waals surface area contributed by atoms with Crippen molar-refractivity contribution in [3.8, 4) is 16.9 Å². The van der Waals surface area contributed by atoms with Gasteiger partial charge in [-0.3, -0.25) is 9.80 Å². The Kier molecular flexibility index (Phi) is 5.98. The smallest absolute Gasteiger partial charge is 0.120 e. The van der Waals surface area contributed by atoms with Gasteiger partial charge in [-0.2, -0.15) is 0 Å². The van der Waals surface area contributed by atoms with E-state index in [0.29, 0.717) is 17.8 Å². The lowest BCUT2D eigenvalue weighted by molar-refractivity contribution is 0.0650. The van der Waals surface area contributed by atoms with Crippen LogP contribution in [0.5, 0.6) is 5.75 Å². The van der Waals surface area contributed by atoms with E-state index >= 15 is 0 Å². The molecule has 2 atom stereocenters. The molecule has 0 aromatic heterocycles. The fraction of sp³-hybridized carbons (Fsp3) is 0.308. The van der Waals surface area contributed by atoms with Crippen LogP contribution in [0.3, 0.4) is 0 Å². The summed E-state index contributed by atoms with van der Waals surface area (Å²) in [6.07, 6.45) is 2.37. The number of rotatable bonds is 5. The van der Waals surface area contributed by atoms with Crippen molar-refractivity contribution in [2.45, 2.75) is 31.5 Å². The lowest BCUT2D eigenvalue weighted by Crippen LogP contribution is -2.47. The first kappa shape index (κ1) is 19.7. The molecule has 0 spiro atoms. The number of likely N-dealkylation sites (tertiary alicyclic amines) is 1. The van der Waals surface area contributed by atoms with Crippen LogP contribution in [0.4, 0.5) is 0 Å². The average molecular weight is 387 g/mol. The van der Waals surface area contributed by atoms with Crippen molar-refractivity contribution in [3.63, 3.8) is 0 Å². The highest BCUT2D eigenvalue weighted by molar-refractivity contribution is 5.65. The number of hydrogen-bond donors (Lipinski definition) is 1. The first-order valence-electron chi connectivity index (χ1n) is 10.5. The average Bonchev–Trinajstić information content (AvgIpc) is 2.76. The van der Waals surface area contributed by atoms with Gasteiger partial charge in [-0.15, -0.1) is 0 Å². The fourth-order valence-electron chi connectivity index (χ4n) is 4.64. The van der Waals surface area contributed by atoms with Crippen LogP contribution in [0.1, 0.15) is 30.0 Å². The molecule has 3 nitrogen and oxygen atoms in total. The lowest BCUT2D eigenvalue weighted by atomic mass is 9.89. The number of phenolic OH excluding ortho intramolecular Hbond substituents is 1. The number of aromatic hydroxyl groups is 1. The third-order valence-corrected chi connectivity index (χ3v) is 6.16. The lowest BCUT2D eigenvalue weighted by Gasteiger charge is -2.44. The summed E-state index contributed by atoms with van der Waals surface area (Å²) in [5.74, 6) is 0.372. The highest BCUT2D eigenvalue weighted by Crippen LogP contribution is 2.35. The van der Waals surface area contributed by atoms with Gasteiger partial charge < -0.3 is 5.11 Å². The summed E-state index contributed by atoms with van der Waals surface area (Å²) in [5.41, 5.74) is 4.67. The summed E-state index contributed by atoms with van der Waals surface area (Å²) < 4.78 is 0. The molecule has 1 saturated heterocycles. The topological polar surface area (TPSA) is 26.7 Å². The van der Waals surface area contributed by atoms with Gasteiger partial charge in [0.15, 0.2) is 0 Å². The Morgan fingerprint density at radius 1 is 0.931 bits per heavy atom. The van der Waals surface area contributed by atoms with E-state index in [0.717, 1.165) is 24.2 Å². The molecule has 2 unspecified atom stereocenters. The van der Waals surface area contributed by atoms with Crippen molar-refractivity contribution in [1.29, 1.82) is 0 Å². The SMILES string of the molecule is CN(Cc1cc(-c2ccccc2)ccc1O)C1CCCN(C)C1c1ccccc1. The number of likely N-dealkylation sites (N-methyl/N-ethyl adjacent to an activating group) is 2. The molecule has 150 valence electrons. The van der Waals surface area contributed by atoms with Crippen LogP contribution in [0.25, 0.3) is 11.1 Å². The standard InChI is InChI=1S/C26H30N2O/c1-27-17-9-14-24(26(27)21-12-7-4-8-13-21)28(2)19-23-18-22(15-16-25(23)29)20-10-5-3-6-11-20/h3-8,10-13,15-16,18,24,26,29H,9,14,17,19H2,1-2H3. The molecule has 0 aliphatic carbocycles. The summed E-state index contributed by atoms with van der Waals surface area (Å²) in [5, 5.41) is 10.5. The van der Waals surface area contributed by atoms with Crippen LogP contribution in [0.2, 0.25) is 0 Å². The summed E-state index contributed by atoms with van der Waals surface area (Å²) in [6, 6.07) is 27.9. The number of piperidine rings is 1. The van der Waals surface area contributed by atoms with Gasteiger partial charge in [-0.1, -0.05) is 66.7 Å². The molecule has 3 heteroatoms. The fourth-order valence-corrected chi connectivity index (χ4v) is 4.64. The Labute approximate surface area is 174 Å². The van der Waals surface area contributed by atoms with E-state index in [-0.39, 0.29) is 0 Å². The summed E-state index contributed by atoms with van der Waals surface area (Å²) >= 11 is 0. The molecule has 3 aromatic rings. The van der Waals surface area contributed by atoms with Gasteiger partial charge in [0.2, 0.25) is 0 Å². The molecule has 1 fully saturated rings. The van der Waals surface area contributed by atoms with Gasteiger partial charge in [-0.05, 0) is 62.3 Å². The normalized spacial score (nSPS) is 20.1. The predicted octanol–water partition coefficient (Wildman–Crippen LogP) is 5.33. The number of hydrogen-bond acceptors (Lipinski definition) is 3. The van der Waals surface area contributed by atoms with Gasteiger partial charge >= 0.3 is 0 Å². The highest BCUT2D eigenvalue weighted by Gasteiger charge is 2.33. The number of benzene rings is 3. The molecular formula is C26H30N2O. The first-order chi connectivity index (χ1) is 14.1. The Hall–Kier alpha value is -2.62. The maximum Gasteiger partial charge on any atom is 0.120 e. The Morgan fingerprint density at radius 3 is 2.34 bits per heavy atom. The summed E-state index contributed by atoms with van der Waals surface area (Å²) in [4.78, 5) is 4.89. The van der Waals surface area contributed by atoms with Crippen LogP contribution >= 0.6 is 0 Å². The van der Waals surface area contributed by atoms with E-state index < -0.39 is 0 Å². The zero-order chi connectivity index (χ0) is 20.2. The van der Waals surface area contributed by atoms with Gasteiger partial charge in [0.1, 0.15) is 5.75 Å². The Morgan fingerprint density at radius 2 is 1.62 bits per heavy atom. The first-order valence-corrected chi connectivity index (χ1v) is 10.5. The van der Waals surface area contributed by atoms with Crippen molar-refractivity contribution in [3.05, 3.63) is 90.0 Å². The van der Waals surface area contributed by atoms with E-state index in [2.05, 4.69) is 84.6 Å². The van der Waals surface area contributed by atoms with Crippen LogP contribution in [0, 0.1) is 0 Å². The highest BCUT2D eigenvalue weighted by atomic mass is 16.3. The number of nitrogens with zero attached hydrogens (tertiary/aromatic N) is 2. The van der Waals surface area contributed by atoms with Crippen molar-refractivity contribution in [2.24, 2.45) is 0 Å². The van der Waals surface area contributed by atoms with Crippen molar-refractivity contribution in [2.75, 3.05) is 20.6 Å². The molecule has 0 saturated carbocycles. The van der Waals surface area contributed by atoms with Crippen LogP contribution < -0.4 is 0 Å². The maximum absolute atomic E-state index is 10.5. The minimum Gasteiger partial charge on any atom is -0.508 e. The minimum atomic E-state index is 0.370. The van der Waals surface area contributed by atoms with E-state index in [1.54, 1.807) is 0 Å². The third kappa shape index (κ3) is 4.36. The van der Waals surface area contributed by atoms with E-state index in [1.807, 2.05) is 18.2 Å². The van der Waals surface area contributed by atoms with E-state index in [1.165, 1.54) is 24.0 Å². The molecular weight excluding hydrogens is 356 g/mol. The minimum absolute atomic E-state index is 0.370. The molecule has 4 rings (SSSR count). The van der Waals surface area contributed by atoms with E-state index in [9.17, 15) is 5.11 Å². The maximum atomic E-state index is 10.5. The second-order valence-electron chi connectivity index (χ2n) is 8.17.